The standard InChI is InChI=1S/C18H17Cl2N3O2/c19-14-3-1-11(2-4-14)16(24)12-5-7-23(8-6-12)18-15(20)9-13(10-22-18)17(21)25/h1-4,9-10,12H,5-8H2,(H2,21,25). The molecule has 1 saturated heterocycles. The number of aromatic nitrogens is 1. The van der Waals surface area contributed by atoms with E-state index < -0.39 is 5.91 Å². The molecule has 1 aromatic heterocycles. The van der Waals surface area contributed by atoms with E-state index in [0.717, 1.165) is 12.8 Å². The Balaban J connectivity index is 1.66. The summed E-state index contributed by atoms with van der Waals surface area (Å²) in [5, 5.41) is 1.00. The Kier molecular flexibility index (Phi) is 5.25. The van der Waals surface area contributed by atoms with Gasteiger partial charge >= 0.3 is 0 Å². The summed E-state index contributed by atoms with van der Waals surface area (Å²) in [5.74, 6) is 0.165. The number of piperidine rings is 1. The van der Waals surface area contributed by atoms with Crippen molar-refractivity contribution in [1.29, 1.82) is 0 Å². The van der Waals surface area contributed by atoms with Crippen LogP contribution in [0.5, 0.6) is 0 Å². The maximum Gasteiger partial charge on any atom is 0.250 e. The fraction of sp³-hybridized carbons (Fsp3) is 0.278. The molecular weight excluding hydrogens is 361 g/mol. The average Bonchev–Trinajstić information content (AvgIpc) is 2.62. The largest absolute Gasteiger partial charge is 0.366 e. The Morgan fingerprint density at radius 3 is 2.28 bits per heavy atom. The highest BCUT2D eigenvalue weighted by Crippen LogP contribution is 2.29. The number of nitrogens with two attached hydrogens (primary N) is 1. The minimum atomic E-state index is -0.562. The Morgan fingerprint density at radius 2 is 1.72 bits per heavy atom. The van der Waals surface area contributed by atoms with Crippen molar-refractivity contribution >= 4 is 40.7 Å². The molecule has 1 fully saturated rings. The topological polar surface area (TPSA) is 76.3 Å². The number of benzene rings is 1. The lowest BCUT2D eigenvalue weighted by Crippen LogP contribution is -2.37. The normalized spacial score (nSPS) is 15.2. The van der Waals surface area contributed by atoms with Crippen LogP contribution in [-0.2, 0) is 0 Å². The highest BCUT2D eigenvalue weighted by atomic mass is 35.5. The van der Waals surface area contributed by atoms with Crippen molar-refractivity contribution in [1.82, 2.24) is 4.98 Å². The van der Waals surface area contributed by atoms with Gasteiger partial charge in [-0.2, -0.15) is 0 Å². The molecule has 25 heavy (non-hydrogen) atoms. The zero-order valence-corrected chi connectivity index (χ0v) is 14.9. The van der Waals surface area contributed by atoms with Gasteiger partial charge in [-0.25, -0.2) is 4.98 Å². The number of halogens is 2. The molecule has 1 amide bonds. The third-order valence-corrected chi connectivity index (χ3v) is 4.93. The van der Waals surface area contributed by atoms with Gasteiger partial charge in [-0.3, -0.25) is 9.59 Å². The number of pyridine rings is 1. The van der Waals surface area contributed by atoms with Gasteiger partial charge in [-0.15, -0.1) is 0 Å². The number of hydrogen-bond acceptors (Lipinski definition) is 4. The number of rotatable bonds is 4. The smallest absolute Gasteiger partial charge is 0.250 e. The van der Waals surface area contributed by atoms with Crippen LogP contribution in [0.15, 0.2) is 36.5 Å². The fourth-order valence-corrected chi connectivity index (χ4v) is 3.41. The maximum atomic E-state index is 12.6. The van der Waals surface area contributed by atoms with E-state index in [4.69, 9.17) is 28.9 Å². The molecule has 3 rings (SSSR count). The number of ketones is 1. The number of carbonyl (C=O) groups is 2. The first-order valence-corrected chi connectivity index (χ1v) is 8.71. The van der Waals surface area contributed by atoms with Gasteiger partial charge in [0.05, 0.1) is 10.6 Å². The molecule has 2 N–H and O–H groups in total. The predicted molar refractivity (Wildman–Crippen MR) is 98.5 cm³/mol. The summed E-state index contributed by atoms with van der Waals surface area (Å²) < 4.78 is 0. The fourth-order valence-electron chi connectivity index (χ4n) is 3.00. The minimum absolute atomic E-state index is 0.0268. The van der Waals surface area contributed by atoms with Crippen LogP contribution < -0.4 is 10.6 Å². The molecule has 1 aliphatic rings. The van der Waals surface area contributed by atoms with Crippen molar-refractivity contribution in [3.8, 4) is 0 Å². The van der Waals surface area contributed by atoms with E-state index in [2.05, 4.69) is 4.98 Å². The van der Waals surface area contributed by atoms with Crippen molar-refractivity contribution in [2.75, 3.05) is 18.0 Å². The first kappa shape index (κ1) is 17.7. The summed E-state index contributed by atoms with van der Waals surface area (Å²) in [6.07, 6.45) is 2.86. The maximum absolute atomic E-state index is 12.6. The summed E-state index contributed by atoms with van der Waals surface area (Å²) in [6, 6.07) is 8.51. The molecule has 2 heterocycles. The Hall–Kier alpha value is -2.11. The van der Waals surface area contributed by atoms with Crippen LogP contribution >= 0.6 is 23.2 Å². The number of hydrogen-bond donors (Lipinski definition) is 1. The van der Waals surface area contributed by atoms with Crippen LogP contribution in [-0.4, -0.2) is 29.8 Å². The molecule has 1 aliphatic heterocycles. The number of anilines is 1. The van der Waals surface area contributed by atoms with E-state index in [1.807, 2.05) is 4.90 Å². The molecule has 2 aromatic rings. The number of carbonyl (C=O) groups excluding carboxylic acids is 2. The van der Waals surface area contributed by atoms with Crippen molar-refractivity contribution < 1.29 is 9.59 Å². The van der Waals surface area contributed by atoms with Crippen LogP contribution in [0.2, 0.25) is 10.0 Å². The third-order valence-electron chi connectivity index (χ3n) is 4.40. The second kappa shape index (κ2) is 7.42. The van der Waals surface area contributed by atoms with Gasteiger partial charge < -0.3 is 10.6 Å². The SMILES string of the molecule is NC(=O)c1cnc(N2CCC(C(=O)c3ccc(Cl)cc3)CC2)c(Cl)c1. The highest BCUT2D eigenvalue weighted by molar-refractivity contribution is 6.33. The summed E-state index contributed by atoms with van der Waals surface area (Å²) in [5.41, 5.74) is 6.19. The molecule has 0 aliphatic carbocycles. The average molecular weight is 378 g/mol. The highest BCUT2D eigenvalue weighted by Gasteiger charge is 2.27. The molecule has 0 radical (unpaired) electrons. The Labute approximate surface area is 155 Å². The van der Waals surface area contributed by atoms with E-state index in [1.54, 1.807) is 24.3 Å². The van der Waals surface area contributed by atoms with E-state index in [-0.39, 0.29) is 17.3 Å². The number of nitrogens with zero attached hydrogens (tertiary/aromatic N) is 2. The number of amides is 1. The van der Waals surface area contributed by atoms with Gasteiger partial charge in [-0.05, 0) is 43.2 Å². The minimum Gasteiger partial charge on any atom is -0.366 e. The summed E-state index contributed by atoms with van der Waals surface area (Å²) in [6.45, 7) is 1.35. The molecule has 130 valence electrons. The lowest BCUT2D eigenvalue weighted by molar-refractivity contribution is 0.0899. The second-order valence-electron chi connectivity index (χ2n) is 6.03. The van der Waals surface area contributed by atoms with Crippen molar-refractivity contribution in [3.63, 3.8) is 0 Å². The van der Waals surface area contributed by atoms with Crippen molar-refractivity contribution in [2.24, 2.45) is 11.7 Å². The van der Waals surface area contributed by atoms with Crippen LogP contribution in [0.1, 0.15) is 33.6 Å². The zero-order valence-electron chi connectivity index (χ0n) is 13.4. The van der Waals surface area contributed by atoms with Crippen molar-refractivity contribution in [3.05, 3.63) is 57.7 Å². The second-order valence-corrected chi connectivity index (χ2v) is 6.87. The van der Waals surface area contributed by atoms with Crippen molar-refractivity contribution in [2.45, 2.75) is 12.8 Å². The molecule has 0 spiro atoms. The summed E-state index contributed by atoms with van der Waals surface area (Å²) >= 11 is 12.1. The molecule has 0 saturated carbocycles. The monoisotopic (exact) mass is 377 g/mol. The van der Waals surface area contributed by atoms with Gasteiger partial charge in [0, 0.05) is 35.8 Å². The van der Waals surface area contributed by atoms with E-state index >= 15 is 0 Å². The number of primary amides is 1. The summed E-state index contributed by atoms with van der Waals surface area (Å²) in [7, 11) is 0. The van der Waals surface area contributed by atoms with Crippen LogP contribution in [0.3, 0.4) is 0 Å². The summed E-state index contributed by atoms with van der Waals surface area (Å²) in [4.78, 5) is 30.0. The van der Waals surface area contributed by atoms with E-state index in [0.29, 0.717) is 34.5 Å². The van der Waals surface area contributed by atoms with Gasteiger partial charge in [0.25, 0.3) is 0 Å². The molecular formula is C18H17Cl2N3O2. The number of Topliss-reactive ketones (excluding diaryl/α,β-unsaturated/α-hetero) is 1. The predicted octanol–water partition coefficient (Wildman–Crippen LogP) is 3.59. The third kappa shape index (κ3) is 3.94. The first-order valence-electron chi connectivity index (χ1n) is 7.96. The quantitative estimate of drug-likeness (QED) is 0.825. The zero-order chi connectivity index (χ0) is 18.0. The lowest BCUT2D eigenvalue weighted by atomic mass is 9.89. The molecule has 0 bridgehead atoms. The van der Waals surface area contributed by atoms with E-state index in [1.165, 1.54) is 12.3 Å². The van der Waals surface area contributed by atoms with Gasteiger partial charge in [0.1, 0.15) is 5.82 Å². The van der Waals surface area contributed by atoms with Gasteiger partial charge in [0.2, 0.25) is 5.91 Å². The Morgan fingerprint density at radius 1 is 1.08 bits per heavy atom. The molecule has 1 aromatic carbocycles. The van der Waals surface area contributed by atoms with E-state index in [9.17, 15) is 9.59 Å². The Bertz CT molecular complexity index is 800. The van der Waals surface area contributed by atoms with Gasteiger partial charge in [-0.1, -0.05) is 23.2 Å². The van der Waals surface area contributed by atoms with Crippen LogP contribution in [0, 0.1) is 5.92 Å². The first-order chi connectivity index (χ1) is 12.0. The van der Waals surface area contributed by atoms with Crippen LogP contribution in [0.25, 0.3) is 0 Å². The molecule has 5 nitrogen and oxygen atoms in total. The molecule has 7 heteroatoms. The molecule has 0 unspecified atom stereocenters. The van der Waals surface area contributed by atoms with Crippen LogP contribution in [0.4, 0.5) is 5.82 Å². The van der Waals surface area contributed by atoms with Gasteiger partial charge in [0.15, 0.2) is 5.78 Å². The molecule has 0 atom stereocenters. The lowest BCUT2D eigenvalue weighted by Gasteiger charge is -2.32.